The van der Waals surface area contributed by atoms with Crippen molar-refractivity contribution in [1.29, 1.82) is 0 Å². The van der Waals surface area contributed by atoms with Crippen molar-refractivity contribution < 1.29 is 23.9 Å². The van der Waals surface area contributed by atoms with E-state index in [1.54, 1.807) is 31.2 Å². The van der Waals surface area contributed by atoms with Crippen molar-refractivity contribution in [2.45, 2.75) is 13.5 Å². The van der Waals surface area contributed by atoms with Gasteiger partial charge >= 0.3 is 12.1 Å². The number of fused-ring (bicyclic) bond motifs is 1. The third-order valence-electron chi connectivity index (χ3n) is 4.09. The molecule has 0 atom stereocenters. The van der Waals surface area contributed by atoms with Gasteiger partial charge in [0.05, 0.1) is 18.5 Å². The van der Waals surface area contributed by atoms with Crippen molar-refractivity contribution in [3.8, 4) is 0 Å². The van der Waals surface area contributed by atoms with Gasteiger partial charge in [0.15, 0.2) is 12.3 Å². The lowest BCUT2D eigenvalue weighted by molar-refractivity contribution is -0.123. The predicted molar refractivity (Wildman–Crippen MR) is 107 cm³/mol. The fraction of sp³-hybridized carbons (Fsp3) is 0.190. The van der Waals surface area contributed by atoms with Gasteiger partial charge in [0.25, 0.3) is 11.5 Å². The molecule has 3 aromatic rings. The summed E-state index contributed by atoms with van der Waals surface area (Å²) in [5.74, 6) is -1.74. The number of esters is 1. The number of alkyl carbamates (subject to hydrolysis) is 1. The molecule has 0 saturated carbocycles. The van der Waals surface area contributed by atoms with Crippen LogP contribution in [0.1, 0.15) is 23.0 Å². The van der Waals surface area contributed by atoms with Crippen LogP contribution in [0.15, 0.2) is 59.4 Å². The molecule has 9 nitrogen and oxygen atoms in total. The molecule has 1 N–H and O–H groups in total. The minimum atomic E-state index is -0.932. The first kappa shape index (κ1) is 20.7. The van der Waals surface area contributed by atoms with E-state index in [2.05, 4.69) is 9.84 Å². The quantitative estimate of drug-likeness (QED) is 0.618. The number of carbonyl (C=O) groups is 3. The Balaban J connectivity index is 1.86. The Hall–Kier alpha value is -4.01. The predicted octanol–water partition coefficient (Wildman–Crippen LogP) is 1.87. The first-order valence-electron chi connectivity index (χ1n) is 9.17. The van der Waals surface area contributed by atoms with Gasteiger partial charge in [0, 0.05) is 5.39 Å². The lowest BCUT2D eigenvalue weighted by Gasteiger charge is -2.11. The van der Waals surface area contributed by atoms with Crippen LogP contribution in [0.4, 0.5) is 4.79 Å². The highest BCUT2D eigenvalue weighted by Crippen LogP contribution is 2.15. The van der Waals surface area contributed by atoms with E-state index in [1.807, 2.05) is 35.6 Å². The topological polar surface area (TPSA) is 117 Å². The second-order valence-corrected chi connectivity index (χ2v) is 6.19. The van der Waals surface area contributed by atoms with Crippen LogP contribution in [0.5, 0.6) is 0 Å². The molecule has 0 aliphatic rings. The van der Waals surface area contributed by atoms with Crippen LogP contribution in [0, 0.1) is 0 Å². The molecule has 9 heteroatoms. The van der Waals surface area contributed by atoms with E-state index in [-0.39, 0.29) is 24.4 Å². The Bertz CT molecular complexity index is 1140. The van der Waals surface area contributed by atoms with Gasteiger partial charge in [-0.2, -0.15) is 5.10 Å². The van der Waals surface area contributed by atoms with Crippen molar-refractivity contribution in [1.82, 2.24) is 15.1 Å². The molecule has 2 aromatic carbocycles. The van der Waals surface area contributed by atoms with E-state index in [1.165, 1.54) is 4.68 Å². The van der Waals surface area contributed by atoms with Crippen molar-refractivity contribution >= 4 is 28.7 Å². The van der Waals surface area contributed by atoms with Gasteiger partial charge in [-0.15, -0.1) is 0 Å². The summed E-state index contributed by atoms with van der Waals surface area (Å²) in [4.78, 5) is 48.4. The number of imide groups is 1. The normalized spacial score (nSPS) is 10.4. The summed E-state index contributed by atoms with van der Waals surface area (Å²) >= 11 is 0. The molecule has 0 unspecified atom stereocenters. The average molecular weight is 409 g/mol. The zero-order valence-corrected chi connectivity index (χ0v) is 16.2. The third-order valence-corrected chi connectivity index (χ3v) is 4.09. The van der Waals surface area contributed by atoms with Gasteiger partial charge in [0.2, 0.25) is 0 Å². The lowest BCUT2D eigenvalue weighted by atomic mass is 10.1. The molecule has 0 spiro atoms. The first-order valence-corrected chi connectivity index (χ1v) is 9.17. The fourth-order valence-electron chi connectivity index (χ4n) is 2.77. The number of amides is 2. The molecule has 0 fully saturated rings. The van der Waals surface area contributed by atoms with Crippen LogP contribution in [-0.4, -0.2) is 41.0 Å². The monoisotopic (exact) mass is 409 g/mol. The molecule has 30 heavy (non-hydrogen) atoms. The highest BCUT2D eigenvalue weighted by molar-refractivity contribution is 6.03. The summed E-state index contributed by atoms with van der Waals surface area (Å²) in [5, 5.41) is 6.70. The number of carbonyl (C=O) groups excluding carboxylic acids is 3. The number of aromatic nitrogens is 2. The minimum Gasteiger partial charge on any atom is -0.451 e. The average Bonchev–Trinajstić information content (AvgIpc) is 2.75. The molecule has 0 radical (unpaired) electrons. The molecular weight excluding hydrogens is 390 g/mol. The Morgan fingerprint density at radius 3 is 2.33 bits per heavy atom. The number of ether oxygens (including phenoxy) is 2. The van der Waals surface area contributed by atoms with E-state index < -0.39 is 24.6 Å². The molecule has 0 aliphatic heterocycles. The van der Waals surface area contributed by atoms with Gasteiger partial charge in [-0.05, 0) is 18.6 Å². The van der Waals surface area contributed by atoms with Gasteiger partial charge in [-0.25, -0.2) is 14.3 Å². The molecule has 0 aliphatic carbocycles. The maximum absolute atomic E-state index is 12.8. The van der Waals surface area contributed by atoms with Gasteiger partial charge in [-0.1, -0.05) is 48.5 Å². The Labute approximate surface area is 171 Å². The van der Waals surface area contributed by atoms with Gasteiger partial charge < -0.3 is 9.47 Å². The molecule has 0 bridgehead atoms. The van der Waals surface area contributed by atoms with Gasteiger partial charge in [-0.3, -0.25) is 14.9 Å². The summed E-state index contributed by atoms with van der Waals surface area (Å²) in [6.45, 7) is 1.14. The maximum atomic E-state index is 12.8. The number of hydrogen-bond acceptors (Lipinski definition) is 7. The van der Waals surface area contributed by atoms with Crippen LogP contribution < -0.4 is 10.9 Å². The van der Waals surface area contributed by atoms with Crippen LogP contribution in [-0.2, 0) is 20.8 Å². The second kappa shape index (κ2) is 9.46. The zero-order valence-electron chi connectivity index (χ0n) is 16.2. The molecular formula is C21H19N3O6. The molecule has 1 aromatic heterocycles. The van der Waals surface area contributed by atoms with Crippen LogP contribution in [0.25, 0.3) is 10.8 Å². The Kier molecular flexibility index (Phi) is 6.53. The number of nitrogens with zero attached hydrogens (tertiary/aromatic N) is 2. The summed E-state index contributed by atoms with van der Waals surface area (Å²) in [6.07, 6.45) is -0.932. The van der Waals surface area contributed by atoms with Crippen LogP contribution in [0.3, 0.4) is 0 Å². The largest absolute Gasteiger partial charge is 0.451 e. The van der Waals surface area contributed by atoms with Crippen molar-refractivity contribution in [2.24, 2.45) is 0 Å². The summed E-state index contributed by atoms with van der Waals surface area (Å²) in [7, 11) is 0. The smallest absolute Gasteiger partial charge is 0.413 e. The molecule has 0 saturated heterocycles. The van der Waals surface area contributed by atoms with Crippen molar-refractivity contribution in [3.63, 3.8) is 0 Å². The molecule has 2 amide bonds. The fourth-order valence-corrected chi connectivity index (χ4v) is 2.77. The van der Waals surface area contributed by atoms with E-state index in [0.717, 1.165) is 5.56 Å². The van der Waals surface area contributed by atoms with Crippen molar-refractivity contribution in [2.75, 3.05) is 13.2 Å². The molecule has 154 valence electrons. The second-order valence-electron chi connectivity index (χ2n) is 6.19. The minimum absolute atomic E-state index is 0.0950. The third kappa shape index (κ3) is 4.88. The Morgan fingerprint density at radius 1 is 0.967 bits per heavy atom. The summed E-state index contributed by atoms with van der Waals surface area (Å²) in [6, 6.07) is 15.7. The van der Waals surface area contributed by atoms with E-state index in [9.17, 15) is 19.2 Å². The zero-order chi connectivity index (χ0) is 21.5. The number of rotatable bonds is 6. The van der Waals surface area contributed by atoms with Gasteiger partial charge in [0.1, 0.15) is 0 Å². The number of hydrogen-bond donors (Lipinski definition) is 1. The van der Waals surface area contributed by atoms with Crippen LogP contribution in [0.2, 0.25) is 0 Å². The number of benzene rings is 2. The maximum Gasteiger partial charge on any atom is 0.413 e. The highest BCUT2D eigenvalue weighted by atomic mass is 16.6. The molecule has 3 rings (SSSR count). The first-order chi connectivity index (χ1) is 14.5. The van der Waals surface area contributed by atoms with Crippen LogP contribution >= 0.6 is 0 Å². The molecule has 1 heterocycles. The Morgan fingerprint density at radius 2 is 1.63 bits per heavy atom. The number of nitrogens with one attached hydrogen (secondary N) is 1. The highest BCUT2D eigenvalue weighted by Gasteiger charge is 2.20. The van der Waals surface area contributed by atoms with E-state index in [4.69, 9.17) is 4.74 Å². The van der Waals surface area contributed by atoms with Crippen molar-refractivity contribution in [3.05, 3.63) is 76.2 Å². The van der Waals surface area contributed by atoms with E-state index in [0.29, 0.717) is 10.8 Å². The lowest BCUT2D eigenvalue weighted by Crippen LogP contribution is -2.35. The summed E-state index contributed by atoms with van der Waals surface area (Å²) in [5.41, 5.74) is 0.367. The SMILES string of the molecule is CCOC(=O)NC(=O)COC(=O)c1nn(Cc2ccccc2)c(=O)c2ccccc12. The summed E-state index contributed by atoms with van der Waals surface area (Å²) < 4.78 is 10.7. The van der Waals surface area contributed by atoms with E-state index >= 15 is 0 Å². The standard InChI is InChI=1S/C21H19N3O6/c1-2-29-21(28)22-17(25)13-30-20(27)18-15-10-6-7-11-16(15)19(26)24(23-18)12-14-8-4-3-5-9-14/h3-11H,2,12-13H2,1H3,(H,22,25,28).